The summed E-state index contributed by atoms with van der Waals surface area (Å²) in [5.74, 6) is -1.78. The second-order valence-electron chi connectivity index (χ2n) is 9.53. The molecule has 4 N–H and O–H groups in total. The lowest BCUT2D eigenvalue weighted by atomic mass is 9.96. The van der Waals surface area contributed by atoms with Gasteiger partial charge >= 0.3 is 12.1 Å². The number of benzene rings is 2. The molecule has 4 rings (SSSR count). The van der Waals surface area contributed by atoms with E-state index in [9.17, 15) is 22.8 Å². The van der Waals surface area contributed by atoms with Crippen LogP contribution < -0.4 is 10.8 Å². The SMILES string of the molecule is O=C(NO)c1ccc(CCC(=O)N2CCC(CNC3CC3c3ccccc3)CC2)cc1.O=C(O)C(F)(F)F. The van der Waals surface area contributed by atoms with Crippen molar-refractivity contribution in [2.75, 3.05) is 19.6 Å². The summed E-state index contributed by atoms with van der Waals surface area (Å²) >= 11 is 0. The predicted molar refractivity (Wildman–Crippen MR) is 133 cm³/mol. The average Bonchev–Trinajstić information content (AvgIpc) is 3.71. The van der Waals surface area contributed by atoms with Gasteiger partial charge in [-0.05, 0) is 61.4 Å². The highest BCUT2D eigenvalue weighted by Crippen LogP contribution is 2.40. The Morgan fingerprint density at radius 2 is 1.58 bits per heavy atom. The van der Waals surface area contributed by atoms with Crippen molar-refractivity contribution in [2.24, 2.45) is 5.92 Å². The van der Waals surface area contributed by atoms with Gasteiger partial charge in [0.2, 0.25) is 5.91 Å². The lowest BCUT2D eigenvalue weighted by Crippen LogP contribution is -2.41. The second kappa shape index (κ2) is 13.4. The van der Waals surface area contributed by atoms with Gasteiger partial charge in [0.05, 0.1) is 0 Å². The molecule has 0 aromatic heterocycles. The van der Waals surface area contributed by atoms with Crippen molar-refractivity contribution in [3.63, 3.8) is 0 Å². The van der Waals surface area contributed by atoms with Crippen molar-refractivity contribution in [2.45, 2.75) is 50.2 Å². The lowest BCUT2D eigenvalue weighted by Gasteiger charge is -2.32. The molecule has 2 fully saturated rings. The molecule has 1 aliphatic carbocycles. The highest BCUT2D eigenvalue weighted by Gasteiger charge is 2.39. The smallest absolute Gasteiger partial charge is 0.475 e. The van der Waals surface area contributed by atoms with Crippen LogP contribution in [-0.2, 0) is 16.0 Å². The number of alkyl halides is 3. The van der Waals surface area contributed by atoms with Gasteiger partial charge in [0, 0.05) is 37.0 Å². The van der Waals surface area contributed by atoms with Crippen LogP contribution in [0.15, 0.2) is 54.6 Å². The summed E-state index contributed by atoms with van der Waals surface area (Å²) in [6.45, 7) is 2.73. The maximum Gasteiger partial charge on any atom is 0.490 e. The van der Waals surface area contributed by atoms with E-state index in [2.05, 4.69) is 35.6 Å². The minimum Gasteiger partial charge on any atom is -0.475 e. The van der Waals surface area contributed by atoms with Crippen molar-refractivity contribution in [3.05, 3.63) is 71.3 Å². The van der Waals surface area contributed by atoms with Crippen LogP contribution in [0.1, 0.15) is 53.1 Å². The van der Waals surface area contributed by atoms with E-state index >= 15 is 0 Å². The molecule has 2 aromatic carbocycles. The number of hydrogen-bond donors (Lipinski definition) is 4. The van der Waals surface area contributed by atoms with E-state index in [1.165, 1.54) is 12.0 Å². The molecule has 0 bridgehead atoms. The first-order valence-corrected chi connectivity index (χ1v) is 12.5. The number of hydrogen-bond acceptors (Lipinski definition) is 5. The average molecular weight is 536 g/mol. The fourth-order valence-electron chi connectivity index (χ4n) is 4.49. The van der Waals surface area contributed by atoms with Crippen LogP contribution in [-0.4, -0.2) is 64.8 Å². The molecule has 0 spiro atoms. The Morgan fingerprint density at radius 3 is 2.13 bits per heavy atom. The first kappa shape index (κ1) is 29.1. The Bertz CT molecular complexity index is 1070. The van der Waals surface area contributed by atoms with Gasteiger partial charge in [0.25, 0.3) is 5.91 Å². The van der Waals surface area contributed by atoms with Gasteiger partial charge in [0.1, 0.15) is 0 Å². The zero-order valence-electron chi connectivity index (χ0n) is 20.8. The first-order chi connectivity index (χ1) is 18.1. The summed E-state index contributed by atoms with van der Waals surface area (Å²) < 4.78 is 31.7. The van der Waals surface area contributed by atoms with E-state index in [0.29, 0.717) is 36.3 Å². The van der Waals surface area contributed by atoms with Crippen LogP contribution in [0.25, 0.3) is 0 Å². The topological polar surface area (TPSA) is 119 Å². The van der Waals surface area contributed by atoms with E-state index in [4.69, 9.17) is 15.1 Å². The number of aliphatic carboxylic acids is 1. The lowest BCUT2D eigenvalue weighted by molar-refractivity contribution is -0.192. The highest BCUT2D eigenvalue weighted by molar-refractivity contribution is 5.93. The number of halogens is 3. The molecule has 1 saturated heterocycles. The largest absolute Gasteiger partial charge is 0.490 e. The molecular formula is C27H32F3N3O5. The summed E-state index contributed by atoms with van der Waals surface area (Å²) in [5, 5.41) is 19.5. The number of rotatable bonds is 8. The zero-order valence-corrected chi connectivity index (χ0v) is 20.8. The van der Waals surface area contributed by atoms with E-state index in [-0.39, 0.29) is 5.91 Å². The number of amides is 2. The summed E-state index contributed by atoms with van der Waals surface area (Å²) in [5.41, 5.74) is 4.47. The monoisotopic (exact) mass is 535 g/mol. The molecule has 206 valence electrons. The van der Waals surface area contributed by atoms with E-state index in [0.717, 1.165) is 38.0 Å². The van der Waals surface area contributed by atoms with E-state index in [1.807, 2.05) is 17.0 Å². The number of likely N-dealkylation sites (tertiary alicyclic amines) is 1. The van der Waals surface area contributed by atoms with Crippen LogP contribution in [0.2, 0.25) is 0 Å². The Labute approximate surface area is 218 Å². The Hall–Kier alpha value is -3.44. The normalized spacial score (nSPS) is 19.2. The van der Waals surface area contributed by atoms with Crippen LogP contribution in [0.4, 0.5) is 13.2 Å². The third-order valence-electron chi connectivity index (χ3n) is 6.84. The molecule has 0 radical (unpaired) electrons. The molecule has 2 aliphatic rings. The van der Waals surface area contributed by atoms with Crippen LogP contribution in [0.5, 0.6) is 0 Å². The number of carboxylic acids is 1. The van der Waals surface area contributed by atoms with Gasteiger partial charge in [-0.1, -0.05) is 42.5 Å². The van der Waals surface area contributed by atoms with Gasteiger partial charge in [-0.2, -0.15) is 13.2 Å². The van der Waals surface area contributed by atoms with E-state index in [1.54, 1.807) is 17.6 Å². The minimum absolute atomic E-state index is 0.204. The molecule has 8 nitrogen and oxygen atoms in total. The third-order valence-corrected chi connectivity index (χ3v) is 6.84. The number of nitrogens with one attached hydrogen (secondary N) is 2. The van der Waals surface area contributed by atoms with Gasteiger partial charge in [-0.15, -0.1) is 0 Å². The maximum atomic E-state index is 12.6. The standard InChI is InChI=1S/C25H31N3O3.C2HF3O2/c29-24(11-8-18-6-9-21(10-7-18)25(30)27-31)28-14-12-19(13-15-28)17-26-23-16-22(23)20-4-2-1-3-5-20;3-2(4,5)1(6)7/h1-7,9-10,19,22-23,26,31H,8,11-17H2,(H,27,30);(H,6,7). The molecule has 2 amide bonds. The minimum atomic E-state index is -5.08. The van der Waals surface area contributed by atoms with Crippen LogP contribution >= 0.6 is 0 Å². The van der Waals surface area contributed by atoms with Crippen LogP contribution in [0, 0.1) is 5.92 Å². The molecule has 1 heterocycles. The highest BCUT2D eigenvalue weighted by atomic mass is 19.4. The fourth-order valence-corrected chi connectivity index (χ4v) is 4.49. The second-order valence-corrected chi connectivity index (χ2v) is 9.53. The van der Waals surface area contributed by atoms with E-state index < -0.39 is 18.1 Å². The number of carbonyl (C=O) groups excluding carboxylic acids is 2. The Balaban J connectivity index is 0.000000505. The molecule has 11 heteroatoms. The van der Waals surface area contributed by atoms with Crippen molar-refractivity contribution >= 4 is 17.8 Å². The summed E-state index contributed by atoms with van der Waals surface area (Å²) in [7, 11) is 0. The van der Waals surface area contributed by atoms with Crippen molar-refractivity contribution in [1.29, 1.82) is 0 Å². The summed E-state index contributed by atoms with van der Waals surface area (Å²) in [6.07, 6.45) is -0.592. The van der Waals surface area contributed by atoms with Crippen molar-refractivity contribution < 1.29 is 37.9 Å². The summed E-state index contributed by atoms with van der Waals surface area (Å²) in [4.78, 5) is 34.8. The zero-order chi connectivity index (χ0) is 27.7. The number of hydroxylamine groups is 1. The number of carbonyl (C=O) groups is 3. The van der Waals surface area contributed by atoms with Gasteiger partial charge in [-0.3, -0.25) is 14.8 Å². The van der Waals surface area contributed by atoms with Crippen molar-refractivity contribution in [3.8, 4) is 0 Å². The summed E-state index contributed by atoms with van der Waals surface area (Å²) in [6, 6.07) is 18.3. The van der Waals surface area contributed by atoms with Gasteiger partial charge < -0.3 is 15.3 Å². The Kier molecular flexibility index (Phi) is 10.3. The molecular weight excluding hydrogens is 503 g/mol. The molecule has 2 aromatic rings. The fraction of sp³-hybridized carbons (Fsp3) is 0.444. The van der Waals surface area contributed by atoms with Gasteiger partial charge in [-0.25, -0.2) is 10.3 Å². The Morgan fingerprint density at radius 1 is 0.974 bits per heavy atom. The number of carboxylic acid groups (broad SMARTS) is 1. The molecule has 1 aliphatic heterocycles. The first-order valence-electron chi connectivity index (χ1n) is 12.5. The number of aryl methyl sites for hydroxylation is 1. The van der Waals surface area contributed by atoms with Crippen molar-refractivity contribution in [1.82, 2.24) is 15.7 Å². The van der Waals surface area contributed by atoms with Gasteiger partial charge in [0.15, 0.2) is 0 Å². The maximum absolute atomic E-state index is 12.6. The molecule has 1 saturated carbocycles. The third kappa shape index (κ3) is 8.84. The predicted octanol–water partition coefficient (Wildman–Crippen LogP) is 3.76. The number of nitrogens with zero attached hydrogens (tertiary/aromatic N) is 1. The molecule has 2 atom stereocenters. The van der Waals surface area contributed by atoms with Crippen LogP contribution in [0.3, 0.4) is 0 Å². The number of piperidine rings is 1. The molecule has 38 heavy (non-hydrogen) atoms. The molecule has 2 unspecified atom stereocenters. The quantitative estimate of drug-likeness (QED) is 0.302.